The highest BCUT2D eigenvalue weighted by Crippen LogP contribution is 2.62. The van der Waals surface area contributed by atoms with E-state index in [-0.39, 0.29) is 7.92 Å². The third-order valence-corrected chi connectivity index (χ3v) is 18.0. The Balaban J connectivity index is 2.17. The quantitative estimate of drug-likeness (QED) is 0.235. The molecule has 2 aromatic heterocycles. The lowest BCUT2D eigenvalue weighted by Crippen LogP contribution is -2.37. The second kappa shape index (κ2) is 11.3. The van der Waals surface area contributed by atoms with E-state index in [0.29, 0.717) is 16.2 Å². The van der Waals surface area contributed by atoms with Crippen LogP contribution in [0.25, 0.3) is 0 Å². The van der Waals surface area contributed by atoms with Gasteiger partial charge in [0, 0.05) is 32.4 Å². The minimum Gasteiger partial charge on any atom is -0.256 e. The normalized spacial score (nSPS) is 17.7. The van der Waals surface area contributed by atoms with Gasteiger partial charge in [-0.3, -0.25) is 9.97 Å². The van der Waals surface area contributed by atoms with Crippen LogP contribution in [0, 0.1) is 5.92 Å². The lowest BCUT2D eigenvalue weighted by Gasteiger charge is -2.45. The zero-order valence-corrected chi connectivity index (χ0v) is 29.3. The summed E-state index contributed by atoms with van der Waals surface area (Å²) >= 11 is 0. The molecule has 0 saturated carbocycles. The van der Waals surface area contributed by atoms with Crippen LogP contribution < -0.4 is 10.9 Å². The first-order chi connectivity index (χ1) is 16.9. The van der Waals surface area contributed by atoms with Gasteiger partial charge in [-0.2, -0.15) is 0 Å². The van der Waals surface area contributed by atoms with E-state index in [1.807, 2.05) is 29.7 Å². The SMILES string of the molecule is CC(C)(C)P(CC1C(CP(c2ccccn2)c2ccccn2)=CC([Si](C)(C)C)=C1[Si](C)(C)C)C(C)(C)C. The summed E-state index contributed by atoms with van der Waals surface area (Å²) in [6.45, 7) is 30.3. The van der Waals surface area contributed by atoms with E-state index in [4.69, 9.17) is 9.97 Å². The molecule has 0 amide bonds. The summed E-state index contributed by atoms with van der Waals surface area (Å²) in [5.74, 6) is 0.565. The van der Waals surface area contributed by atoms with Gasteiger partial charge in [0.05, 0.1) is 27.0 Å². The van der Waals surface area contributed by atoms with Crippen molar-refractivity contribution >= 4 is 42.9 Å². The summed E-state index contributed by atoms with van der Waals surface area (Å²) in [4.78, 5) is 9.73. The van der Waals surface area contributed by atoms with E-state index in [2.05, 4.69) is 111 Å². The summed E-state index contributed by atoms with van der Waals surface area (Å²) < 4.78 is 0. The Morgan fingerprint density at radius 3 is 1.57 bits per heavy atom. The maximum Gasteiger partial charge on any atom is 0.0770 e. The van der Waals surface area contributed by atoms with E-state index >= 15 is 0 Å². The van der Waals surface area contributed by atoms with Crippen LogP contribution in [0.5, 0.6) is 0 Å². The molecule has 0 N–H and O–H groups in total. The summed E-state index contributed by atoms with van der Waals surface area (Å²) in [6, 6.07) is 12.8. The van der Waals surface area contributed by atoms with Crippen molar-refractivity contribution in [3.05, 3.63) is 70.8 Å². The van der Waals surface area contributed by atoms with Gasteiger partial charge in [-0.1, -0.05) is 123 Å². The topological polar surface area (TPSA) is 25.8 Å². The Bertz CT molecular complexity index is 1060. The summed E-state index contributed by atoms with van der Waals surface area (Å²) in [6.07, 6.45) is 8.96. The van der Waals surface area contributed by atoms with Crippen LogP contribution in [-0.4, -0.2) is 48.8 Å². The molecule has 6 heteroatoms. The second-order valence-corrected chi connectivity index (χ2v) is 30.6. The molecule has 0 fully saturated rings. The summed E-state index contributed by atoms with van der Waals surface area (Å²) in [7, 11) is -3.92. The Morgan fingerprint density at radius 2 is 1.22 bits per heavy atom. The fourth-order valence-corrected chi connectivity index (χ4v) is 18.2. The van der Waals surface area contributed by atoms with Gasteiger partial charge in [0.15, 0.2) is 0 Å². The zero-order chi connectivity index (χ0) is 27.8. The van der Waals surface area contributed by atoms with Crippen LogP contribution in [0.15, 0.2) is 70.8 Å². The van der Waals surface area contributed by atoms with Crippen LogP contribution in [0.3, 0.4) is 0 Å². The highest BCUT2D eigenvalue weighted by molar-refractivity contribution is 7.72. The first-order valence-electron chi connectivity index (χ1n) is 13.7. The molecule has 2 aromatic rings. The van der Waals surface area contributed by atoms with Gasteiger partial charge >= 0.3 is 0 Å². The van der Waals surface area contributed by atoms with Crippen molar-refractivity contribution in [3.8, 4) is 0 Å². The first kappa shape index (κ1) is 30.6. The molecule has 202 valence electrons. The maximum atomic E-state index is 4.87. The summed E-state index contributed by atoms with van der Waals surface area (Å²) in [5.41, 5.74) is 4.06. The molecule has 0 spiro atoms. The molecule has 37 heavy (non-hydrogen) atoms. The lowest BCUT2D eigenvalue weighted by atomic mass is 10.1. The predicted molar refractivity (Wildman–Crippen MR) is 176 cm³/mol. The first-order valence-corrected chi connectivity index (χ1v) is 23.8. The lowest BCUT2D eigenvalue weighted by molar-refractivity contribution is 0.690. The van der Waals surface area contributed by atoms with E-state index < -0.39 is 24.1 Å². The van der Waals surface area contributed by atoms with Crippen molar-refractivity contribution in [1.82, 2.24) is 9.97 Å². The number of rotatable bonds is 8. The van der Waals surface area contributed by atoms with Gasteiger partial charge in [0.25, 0.3) is 0 Å². The van der Waals surface area contributed by atoms with Crippen molar-refractivity contribution in [3.63, 3.8) is 0 Å². The van der Waals surface area contributed by atoms with Crippen LogP contribution in [0.4, 0.5) is 0 Å². The maximum absolute atomic E-state index is 4.87. The average Bonchev–Trinajstić information content (AvgIpc) is 3.14. The number of aromatic nitrogens is 2. The van der Waals surface area contributed by atoms with E-state index in [9.17, 15) is 0 Å². The monoisotopic (exact) mass is 568 g/mol. The number of hydrogen-bond donors (Lipinski definition) is 0. The molecular weight excluding hydrogens is 518 g/mol. The van der Waals surface area contributed by atoms with Crippen LogP contribution in [0.2, 0.25) is 39.3 Å². The largest absolute Gasteiger partial charge is 0.256 e. The van der Waals surface area contributed by atoms with Gasteiger partial charge < -0.3 is 0 Å². The molecule has 0 aliphatic heterocycles. The van der Waals surface area contributed by atoms with Crippen molar-refractivity contribution in [2.45, 2.75) is 91.1 Å². The van der Waals surface area contributed by atoms with E-state index in [0.717, 1.165) is 6.16 Å². The fraction of sp³-hybridized carbons (Fsp3) is 0.548. The van der Waals surface area contributed by atoms with Gasteiger partial charge in [0.2, 0.25) is 0 Å². The molecule has 1 aliphatic carbocycles. The predicted octanol–water partition coefficient (Wildman–Crippen LogP) is 8.60. The Labute approximate surface area is 232 Å². The number of allylic oxidation sites excluding steroid dienone is 4. The molecule has 3 rings (SSSR count). The minimum absolute atomic E-state index is 0.204. The highest BCUT2D eigenvalue weighted by Gasteiger charge is 2.44. The van der Waals surface area contributed by atoms with Crippen molar-refractivity contribution in [2.75, 3.05) is 12.3 Å². The zero-order valence-electron chi connectivity index (χ0n) is 25.5. The highest BCUT2D eigenvalue weighted by atomic mass is 31.1. The standard InChI is InChI=1S/C31H50N2P2Si2/c1-30(2,3)35(31(4,5)6)23-25-24(21-26(36(7,8)9)29(25)37(10,11)12)22-34(27-17-13-15-19-32-27)28-18-14-16-20-33-28/h13-21,25H,22-23H2,1-12H3. The number of pyridine rings is 2. The van der Waals surface area contributed by atoms with Gasteiger partial charge in [0.1, 0.15) is 0 Å². The smallest absolute Gasteiger partial charge is 0.0770 e. The van der Waals surface area contributed by atoms with E-state index in [1.54, 1.807) is 10.8 Å². The molecule has 2 heterocycles. The molecule has 1 atom stereocenters. The fourth-order valence-electron chi connectivity index (χ4n) is 5.87. The minimum atomic E-state index is -1.55. The van der Waals surface area contributed by atoms with E-state index in [1.165, 1.54) is 17.0 Å². The van der Waals surface area contributed by atoms with Crippen molar-refractivity contribution in [1.29, 1.82) is 0 Å². The molecule has 0 saturated heterocycles. The van der Waals surface area contributed by atoms with Crippen LogP contribution >= 0.6 is 15.8 Å². The van der Waals surface area contributed by atoms with Crippen molar-refractivity contribution in [2.24, 2.45) is 5.92 Å². The Kier molecular flexibility index (Phi) is 9.34. The second-order valence-electron chi connectivity index (χ2n) is 14.5. The average molecular weight is 569 g/mol. The molecule has 0 bridgehead atoms. The molecule has 0 radical (unpaired) electrons. The number of nitrogens with zero attached hydrogens (tertiary/aromatic N) is 2. The molecule has 1 unspecified atom stereocenters. The van der Waals surface area contributed by atoms with Crippen molar-refractivity contribution < 1.29 is 0 Å². The Morgan fingerprint density at radius 1 is 0.730 bits per heavy atom. The third-order valence-electron chi connectivity index (χ3n) is 7.21. The third kappa shape index (κ3) is 7.60. The van der Waals surface area contributed by atoms with Gasteiger partial charge in [-0.15, -0.1) is 0 Å². The summed E-state index contributed by atoms with van der Waals surface area (Å²) in [5, 5.41) is 4.25. The molecular formula is C31H50N2P2Si2. The van der Waals surface area contributed by atoms with Gasteiger partial charge in [-0.05, 0) is 40.7 Å². The van der Waals surface area contributed by atoms with Gasteiger partial charge in [-0.25, -0.2) is 0 Å². The number of hydrogen-bond acceptors (Lipinski definition) is 2. The molecule has 0 aromatic carbocycles. The molecule has 2 nitrogen and oxygen atoms in total. The Hall–Kier alpha value is -0.926. The van der Waals surface area contributed by atoms with Crippen LogP contribution in [-0.2, 0) is 0 Å². The van der Waals surface area contributed by atoms with Crippen LogP contribution in [0.1, 0.15) is 41.5 Å². The molecule has 1 aliphatic rings.